The van der Waals surface area contributed by atoms with Crippen molar-refractivity contribution in [1.29, 1.82) is 0 Å². The Hall–Kier alpha value is -4.89. The molecule has 508 valence electrons. The lowest BCUT2D eigenvalue weighted by atomic mass is 10.0. The molecule has 0 spiro atoms. The van der Waals surface area contributed by atoms with Gasteiger partial charge in [-0.1, -0.05) is 237 Å². The van der Waals surface area contributed by atoms with Gasteiger partial charge in [-0.25, -0.2) is 9.59 Å². The van der Waals surface area contributed by atoms with Crippen LogP contribution in [0.5, 0.6) is 0 Å². The van der Waals surface area contributed by atoms with Gasteiger partial charge in [0.2, 0.25) is 23.6 Å². The van der Waals surface area contributed by atoms with Crippen LogP contribution in [0.15, 0.2) is 30.3 Å². The SMILES string of the molecule is CCCCCCCCCCCCCCCCCCN(CCCCCCCCCCCCCCCCCC)C(=O)C(CCC(=O)OCc1ccccc1)NC(=O)C(CCCCNC(=O)OC(C)(C)C)NC(=O)C(CCCCNC(=O)OC(C)(C)C)NC(C)=O. The molecule has 6 amide bonds. The van der Waals surface area contributed by atoms with Gasteiger partial charge in [0.1, 0.15) is 35.9 Å². The van der Waals surface area contributed by atoms with E-state index in [4.69, 9.17) is 14.2 Å². The van der Waals surface area contributed by atoms with E-state index in [1.165, 1.54) is 161 Å². The minimum atomic E-state index is -1.14. The van der Waals surface area contributed by atoms with Crippen LogP contribution in [0.1, 0.15) is 325 Å². The van der Waals surface area contributed by atoms with E-state index in [2.05, 4.69) is 40.4 Å². The Balaban J connectivity index is 3.32. The van der Waals surface area contributed by atoms with Crippen LogP contribution in [-0.2, 0) is 44.8 Å². The molecule has 1 aromatic rings. The highest BCUT2D eigenvalue weighted by molar-refractivity contribution is 5.94. The van der Waals surface area contributed by atoms with Gasteiger partial charge in [0.05, 0.1) is 0 Å². The third kappa shape index (κ3) is 49.0. The van der Waals surface area contributed by atoms with Crippen LogP contribution in [0.25, 0.3) is 0 Å². The van der Waals surface area contributed by atoms with Crippen molar-refractivity contribution in [1.82, 2.24) is 31.5 Å². The predicted octanol–water partition coefficient (Wildman–Crippen LogP) is 16.7. The van der Waals surface area contributed by atoms with E-state index < -0.39 is 65.2 Å². The number of esters is 1. The fourth-order valence-electron chi connectivity index (χ4n) is 10.9. The van der Waals surface area contributed by atoms with Crippen LogP contribution >= 0.6 is 0 Å². The lowest BCUT2D eigenvalue weighted by Crippen LogP contribution is -2.57. The van der Waals surface area contributed by atoms with Crippen LogP contribution in [0.4, 0.5) is 9.59 Å². The summed E-state index contributed by atoms with van der Waals surface area (Å²) in [6.45, 7) is 18.2. The number of carbonyl (C=O) groups excluding carboxylic acids is 7. The van der Waals surface area contributed by atoms with Crippen LogP contribution in [-0.4, -0.2) is 102 Å². The van der Waals surface area contributed by atoms with Gasteiger partial charge in [0.25, 0.3) is 0 Å². The average Bonchev–Trinajstić information content (AvgIpc) is 3.53. The van der Waals surface area contributed by atoms with Gasteiger partial charge in [0.15, 0.2) is 0 Å². The number of hydrogen-bond acceptors (Lipinski definition) is 10. The molecule has 3 atom stereocenters. The van der Waals surface area contributed by atoms with Gasteiger partial charge in [0, 0.05) is 39.5 Å². The van der Waals surface area contributed by atoms with Crippen molar-refractivity contribution in [2.45, 2.75) is 355 Å². The van der Waals surface area contributed by atoms with Crippen molar-refractivity contribution in [2.75, 3.05) is 26.2 Å². The number of benzene rings is 1. The first-order valence-corrected chi connectivity index (χ1v) is 35.5. The summed E-state index contributed by atoms with van der Waals surface area (Å²) in [5.41, 5.74) is -0.514. The number of amides is 6. The molecule has 0 radical (unpaired) electrons. The van der Waals surface area contributed by atoms with E-state index >= 15 is 4.79 Å². The molecule has 1 aromatic carbocycles. The van der Waals surface area contributed by atoms with Gasteiger partial charge in [-0.3, -0.25) is 24.0 Å². The lowest BCUT2D eigenvalue weighted by molar-refractivity contribution is -0.146. The second-order valence-corrected chi connectivity index (χ2v) is 26.8. The third-order valence-corrected chi connectivity index (χ3v) is 15.9. The molecule has 0 heterocycles. The molecule has 0 fully saturated rings. The van der Waals surface area contributed by atoms with Crippen molar-refractivity contribution in [3.63, 3.8) is 0 Å². The summed E-state index contributed by atoms with van der Waals surface area (Å²) in [5.74, 6) is -2.38. The molecule has 0 saturated carbocycles. The zero-order valence-corrected chi connectivity index (χ0v) is 57.5. The molecule has 0 aliphatic rings. The molecule has 3 unspecified atom stereocenters. The Morgan fingerprint density at radius 2 is 0.761 bits per heavy atom. The maximum absolute atomic E-state index is 15.1. The largest absolute Gasteiger partial charge is 0.461 e. The molecular formula is C72H130N6O10. The summed E-state index contributed by atoms with van der Waals surface area (Å²) in [6, 6.07) is 6.13. The highest BCUT2D eigenvalue weighted by atomic mass is 16.6. The fraction of sp³-hybridized carbons (Fsp3) is 0.819. The van der Waals surface area contributed by atoms with Crippen molar-refractivity contribution >= 4 is 41.8 Å². The number of rotatable bonds is 55. The molecule has 5 N–H and O–H groups in total. The average molecular weight is 1240 g/mol. The Kier molecular flexibility index (Phi) is 48.7. The van der Waals surface area contributed by atoms with E-state index in [0.29, 0.717) is 38.8 Å². The van der Waals surface area contributed by atoms with Crippen molar-refractivity contribution in [3.05, 3.63) is 35.9 Å². The fourth-order valence-corrected chi connectivity index (χ4v) is 10.9. The van der Waals surface area contributed by atoms with Gasteiger partial charge in [-0.05, 0) is 105 Å². The number of ether oxygens (including phenoxy) is 3. The van der Waals surface area contributed by atoms with Gasteiger partial charge < -0.3 is 45.7 Å². The summed E-state index contributed by atoms with van der Waals surface area (Å²) in [6.07, 6.45) is 40.7. The quantitative estimate of drug-likeness (QED) is 0.0237. The molecule has 1 rings (SSSR count). The zero-order chi connectivity index (χ0) is 64.9. The summed E-state index contributed by atoms with van der Waals surface area (Å²) in [4.78, 5) is 96.7. The monoisotopic (exact) mass is 1240 g/mol. The van der Waals surface area contributed by atoms with Crippen molar-refractivity contribution in [2.24, 2.45) is 0 Å². The molecule has 16 heteroatoms. The zero-order valence-electron chi connectivity index (χ0n) is 57.5. The molecule has 0 saturated heterocycles. The highest BCUT2D eigenvalue weighted by Gasteiger charge is 2.32. The van der Waals surface area contributed by atoms with Gasteiger partial charge >= 0.3 is 18.2 Å². The van der Waals surface area contributed by atoms with Gasteiger partial charge in [-0.2, -0.15) is 0 Å². The van der Waals surface area contributed by atoms with E-state index in [9.17, 15) is 28.8 Å². The first-order valence-electron chi connectivity index (χ1n) is 35.5. The van der Waals surface area contributed by atoms with Crippen molar-refractivity contribution < 1.29 is 47.8 Å². The van der Waals surface area contributed by atoms with Crippen LogP contribution < -0.4 is 26.6 Å². The molecule has 0 aliphatic carbocycles. The number of hydrogen-bond donors (Lipinski definition) is 5. The van der Waals surface area contributed by atoms with E-state index in [0.717, 1.165) is 56.9 Å². The molecule has 0 aliphatic heterocycles. The normalized spacial score (nSPS) is 12.6. The van der Waals surface area contributed by atoms with Crippen LogP contribution in [0.2, 0.25) is 0 Å². The Labute approximate surface area is 535 Å². The summed E-state index contributed by atoms with van der Waals surface area (Å²) < 4.78 is 16.4. The minimum Gasteiger partial charge on any atom is -0.461 e. The Morgan fingerprint density at radius 1 is 0.420 bits per heavy atom. The second kappa shape index (κ2) is 52.8. The highest BCUT2D eigenvalue weighted by Crippen LogP contribution is 2.19. The maximum atomic E-state index is 15.1. The Bertz CT molecular complexity index is 1920. The maximum Gasteiger partial charge on any atom is 0.407 e. The number of alkyl carbamates (subject to hydrolysis) is 2. The minimum absolute atomic E-state index is 0.0149. The van der Waals surface area contributed by atoms with Crippen molar-refractivity contribution in [3.8, 4) is 0 Å². The third-order valence-electron chi connectivity index (χ3n) is 15.9. The number of nitrogens with zero attached hydrogens (tertiary/aromatic N) is 1. The Morgan fingerprint density at radius 3 is 1.11 bits per heavy atom. The smallest absolute Gasteiger partial charge is 0.407 e. The summed E-state index contributed by atoms with van der Waals surface area (Å²) in [5, 5.41) is 14.1. The molecule has 0 bridgehead atoms. The van der Waals surface area contributed by atoms with E-state index in [1.807, 2.05) is 35.2 Å². The molecule has 0 aromatic heterocycles. The summed E-state index contributed by atoms with van der Waals surface area (Å²) in [7, 11) is 0. The summed E-state index contributed by atoms with van der Waals surface area (Å²) >= 11 is 0. The number of nitrogens with one attached hydrogen (secondary N) is 5. The molecule has 16 nitrogen and oxygen atoms in total. The van der Waals surface area contributed by atoms with Crippen LogP contribution in [0, 0.1) is 0 Å². The first-order chi connectivity index (χ1) is 42.2. The molecule has 88 heavy (non-hydrogen) atoms. The number of carbonyl (C=O) groups is 7. The lowest BCUT2D eigenvalue weighted by Gasteiger charge is -2.30. The van der Waals surface area contributed by atoms with Crippen LogP contribution in [0.3, 0.4) is 0 Å². The predicted molar refractivity (Wildman–Crippen MR) is 359 cm³/mol. The first kappa shape index (κ1) is 81.1. The standard InChI is InChI=1S/C72H130N6O10/c1-10-12-14-16-18-20-22-24-26-28-30-32-34-36-38-47-57-78(58-48-39-37-35-33-31-29-27-25-23-21-19-17-15-13-11-2)68(83)64(53-54-65(80)86-59-61-49-41-40-42-50-61)77-67(82)63(52-44-46-56-74-70(85)88-72(7,8)9)76-66(81)62(75-60(3)79)51-43-45-55-73-69(84)87-71(4,5)6/h40-42,49-50,62-64H,10-39,43-48,51-59H2,1-9H3,(H,73,84)(H,74,85)(H,75,79)(H,76,81)(H,77,82). The number of unbranched alkanes of at least 4 members (excludes halogenated alkanes) is 32. The molecular weight excluding hydrogens is 1110 g/mol. The second-order valence-electron chi connectivity index (χ2n) is 26.8. The topological polar surface area (TPSA) is 211 Å². The van der Waals surface area contributed by atoms with E-state index in [-0.39, 0.29) is 51.3 Å². The van der Waals surface area contributed by atoms with Gasteiger partial charge in [-0.15, -0.1) is 0 Å². The van der Waals surface area contributed by atoms with E-state index in [1.54, 1.807) is 41.5 Å².